The van der Waals surface area contributed by atoms with Gasteiger partial charge in [-0.25, -0.2) is 0 Å². The molecule has 1 heterocycles. The Hall–Kier alpha value is -0.750. The fraction of sp³-hybridized carbons (Fsp3) is 0.533. The molecule has 5 heteroatoms. The molecular formula is C15H21BrN2O2. The summed E-state index contributed by atoms with van der Waals surface area (Å²) in [5.74, 6) is 0.105. The van der Waals surface area contributed by atoms with Gasteiger partial charge in [0.1, 0.15) is 0 Å². The quantitative estimate of drug-likeness (QED) is 0.803. The Morgan fingerprint density at radius 1 is 1.35 bits per heavy atom. The fourth-order valence-electron chi connectivity index (χ4n) is 2.30. The molecule has 0 saturated carbocycles. The van der Waals surface area contributed by atoms with Crippen molar-refractivity contribution in [2.24, 2.45) is 5.73 Å². The van der Waals surface area contributed by atoms with Crippen molar-refractivity contribution in [2.45, 2.75) is 12.8 Å². The zero-order chi connectivity index (χ0) is 14.4. The summed E-state index contributed by atoms with van der Waals surface area (Å²) < 4.78 is 6.35. The fourth-order valence-corrected chi connectivity index (χ4v) is 2.88. The standard InChI is InChI=1S/C15H21BrN2O2/c16-14-11-13(15(19)3-5-17)2-1-12(14)4-6-18-7-9-20-10-8-18/h1-2,11H,3-10,17H2. The zero-order valence-electron chi connectivity index (χ0n) is 11.6. The zero-order valence-corrected chi connectivity index (χ0v) is 13.2. The van der Waals surface area contributed by atoms with Crippen molar-refractivity contribution in [1.29, 1.82) is 0 Å². The van der Waals surface area contributed by atoms with Crippen LogP contribution in [0.5, 0.6) is 0 Å². The number of morpholine rings is 1. The molecule has 1 saturated heterocycles. The molecule has 0 aromatic heterocycles. The van der Waals surface area contributed by atoms with Gasteiger partial charge in [-0.05, 0) is 24.6 Å². The Balaban J connectivity index is 1.93. The lowest BCUT2D eigenvalue weighted by Gasteiger charge is -2.26. The molecule has 2 N–H and O–H groups in total. The van der Waals surface area contributed by atoms with Crippen LogP contribution >= 0.6 is 15.9 Å². The van der Waals surface area contributed by atoms with Gasteiger partial charge in [0.2, 0.25) is 0 Å². The van der Waals surface area contributed by atoms with Gasteiger partial charge >= 0.3 is 0 Å². The normalized spacial score (nSPS) is 16.3. The van der Waals surface area contributed by atoms with E-state index in [9.17, 15) is 4.79 Å². The number of carbonyl (C=O) groups excluding carboxylic acids is 1. The number of rotatable bonds is 6. The van der Waals surface area contributed by atoms with Crippen molar-refractivity contribution in [3.05, 3.63) is 33.8 Å². The first-order valence-corrected chi connectivity index (χ1v) is 7.82. The van der Waals surface area contributed by atoms with Crippen LogP contribution in [0.25, 0.3) is 0 Å². The Labute approximate surface area is 128 Å². The lowest BCUT2D eigenvalue weighted by Crippen LogP contribution is -2.37. The van der Waals surface area contributed by atoms with E-state index in [1.54, 1.807) is 0 Å². The number of hydrogen-bond acceptors (Lipinski definition) is 4. The molecule has 2 rings (SSSR count). The van der Waals surface area contributed by atoms with E-state index < -0.39 is 0 Å². The molecule has 1 aliphatic rings. The minimum Gasteiger partial charge on any atom is -0.379 e. The molecule has 0 bridgehead atoms. The van der Waals surface area contributed by atoms with E-state index in [-0.39, 0.29) is 5.78 Å². The lowest BCUT2D eigenvalue weighted by molar-refractivity contribution is 0.0384. The second-order valence-electron chi connectivity index (χ2n) is 4.97. The van der Waals surface area contributed by atoms with Gasteiger partial charge < -0.3 is 10.5 Å². The lowest BCUT2D eigenvalue weighted by atomic mass is 10.0. The molecule has 4 nitrogen and oxygen atoms in total. The van der Waals surface area contributed by atoms with Crippen LogP contribution in [0, 0.1) is 0 Å². The van der Waals surface area contributed by atoms with Gasteiger partial charge in [0.25, 0.3) is 0 Å². The van der Waals surface area contributed by atoms with Crippen molar-refractivity contribution in [3.8, 4) is 0 Å². The van der Waals surface area contributed by atoms with Gasteiger partial charge in [-0.15, -0.1) is 0 Å². The molecule has 1 aromatic rings. The maximum atomic E-state index is 11.8. The van der Waals surface area contributed by atoms with E-state index in [1.807, 2.05) is 18.2 Å². The minimum atomic E-state index is 0.105. The van der Waals surface area contributed by atoms with Crippen LogP contribution < -0.4 is 5.73 Å². The number of hydrogen-bond donors (Lipinski definition) is 1. The molecule has 0 aliphatic carbocycles. The molecule has 20 heavy (non-hydrogen) atoms. The third-order valence-corrected chi connectivity index (χ3v) is 4.29. The van der Waals surface area contributed by atoms with Crippen LogP contribution in [0.2, 0.25) is 0 Å². The van der Waals surface area contributed by atoms with Crippen molar-refractivity contribution >= 4 is 21.7 Å². The summed E-state index contributed by atoms with van der Waals surface area (Å²) in [5, 5.41) is 0. The van der Waals surface area contributed by atoms with Crippen molar-refractivity contribution in [2.75, 3.05) is 39.4 Å². The average Bonchev–Trinajstić information content (AvgIpc) is 2.47. The number of benzene rings is 1. The summed E-state index contributed by atoms with van der Waals surface area (Å²) >= 11 is 3.56. The van der Waals surface area contributed by atoms with E-state index in [0.29, 0.717) is 13.0 Å². The molecule has 1 fully saturated rings. The maximum absolute atomic E-state index is 11.8. The number of carbonyl (C=O) groups is 1. The summed E-state index contributed by atoms with van der Waals surface area (Å²) in [6, 6.07) is 5.85. The average molecular weight is 341 g/mol. The molecule has 0 atom stereocenters. The second kappa shape index (κ2) is 7.88. The van der Waals surface area contributed by atoms with Crippen LogP contribution in [0.3, 0.4) is 0 Å². The van der Waals surface area contributed by atoms with E-state index in [4.69, 9.17) is 10.5 Å². The van der Waals surface area contributed by atoms with Crippen LogP contribution in [0.1, 0.15) is 22.3 Å². The molecule has 1 aromatic carbocycles. The summed E-state index contributed by atoms with van der Waals surface area (Å²) in [6.45, 7) is 5.09. The van der Waals surface area contributed by atoms with Gasteiger partial charge in [0.15, 0.2) is 5.78 Å². The molecule has 1 aliphatic heterocycles. The van der Waals surface area contributed by atoms with Crippen LogP contribution in [-0.2, 0) is 11.2 Å². The van der Waals surface area contributed by atoms with Crippen LogP contribution in [0.15, 0.2) is 22.7 Å². The van der Waals surface area contributed by atoms with Gasteiger partial charge in [-0.2, -0.15) is 0 Å². The Morgan fingerprint density at radius 3 is 2.75 bits per heavy atom. The molecular weight excluding hydrogens is 320 g/mol. The summed E-state index contributed by atoms with van der Waals surface area (Å²) in [5.41, 5.74) is 7.39. The van der Waals surface area contributed by atoms with Gasteiger partial charge in [0.05, 0.1) is 13.2 Å². The summed E-state index contributed by atoms with van der Waals surface area (Å²) in [4.78, 5) is 14.2. The number of nitrogens with two attached hydrogens (primary N) is 1. The first-order chi connectivity index (χ1) is 9.70. The molecule has 0 spiro atoms. The van der Waals surface area contributed by atoms with Crippen molar-refractivity contribution in [1.82, 2.24) is 4.90 Å². The molecule has 0 unspecified atom stereocenters. The van der Waals surface area contributed by atoms with Crippen LogP contribution in [0.4, 0.5) is 0 Å². The number of halogens is 1. The largest absolute Gasteiger partial charge is 0.379 e. The highest BCUT2D eigenvalue weighted by Crippen LogP contribution is 2.20. The molecule has 0 amide bonds. The van der Waals surface area contributed by atoms with Crippen molar-refractivity contribution in [3.63, 3.8) is 0 Å². The summed E-state index contributed by atoms with van der Waals surface area (Å²) in [7, 11) is 0. The first kappa shape index (κ1) is 15.6. The van der Waals surface area contributed by atoms with E-state index in [0.717, 1.165) is 49.3 Å². The monoisotopic (exact) mass is 340 g/mol. The topological polar surface area (TPSA) is 55.6 Å². The third-order valence-electron chi connectivity index (χ3n) is 3.55. The van der Waals surface area contributed by atoms with Gasteiger partial charge in [-0.1, -0.05) is 28.1 Å². The van der Waals surface area contributed by atoms with E-state index in [1.165, 1.54) is 5.56 Å². The number of ether oxygens (including phenoxy) is 1. The first-order valence-electron chi connectivity index (χ1n) is 7.02. The van der Waals surface area contributed by atoms with Gasteiger partial charge in [0, 0.05) is 36.1 Å². The predicted molar refractivity (Wildman–Crippen MR) is 83.1 cm³/mol. The smallest absolute Gasteiger partial charge is 0.164 e. The van der Waals surface area contributed by atoms with Crippen LogP contribution in [-0.4, -0.2) is 50.1 Å². The van der Waals surface area contributed by atoms with E-state index >= 15 is 0 Å². The number of ketones is 1. The Kier molecular flexibility index (Phi) is 6.16. The minimum absolute atomic E-state index is 0.105. The highest BCUT2D eigenvalue weighted by Gasteiger charge is 2.12. The highest BCUT2D eigenvalue weighted by molar-refractivity contribution is 9.10. The Morgan fingerprint density at radius 2 is 2.10 bits per heavy atom. The predicted octanol–water partition coefficient (Wildman–Crippen LogP) is 1.86. The third kappa shape index (κ3) is 4.38. The highest BCUT2D eigenvalue weighted by atomic mass is 79.9. The molecule has 0 radical (unpaired) electrons. The van der Waals surface area contributed by atoms with E-state index in [2.05, 4.69) is 20.8 Å². The Bertz CT molecular complexity index is 459. The maximum Gasteiger partial charge on any atom is 0.164 e. The summed E-state index contributed by atoms with van der Waals surface area (Å²) in [6.07, 6.45) is 1.38. The second-order valence-corrected chi connectivity index (χ2v) is 5.83. The van der Waals surface area contributed by atoms with Crippen molar-refractivity contribution < 1.29 is 9.53 Å². The number of nitrogens with zero attached hydrogens (tertiary/aromatic N) is 1. The SMILES string of the molecule is NCCC(=O)c1ccc(CCN2CCOCC2)c(Br)c1. The molecule has 110 valence electrons. The van der Waals surface area contributed by atoms with Gasteiger partial charge in [-0.3, -0.25) is 9.69 Å². The number of Topliss-reactive ketones (excluding diaryl/α,β-unsaturated/α-hetero) is 1.